The van der Waals surface area contributed by atoms with Crippen molar-refractivity contribution in [2.75, 3.05) is 7.11 Å². The number of aromatic nitrogens is 4. The SMILES string of the molecule is COc1ccc2cn(C[C@@]3(c4cn[nH]n4)NC(=O)NC3=O)c(O)c2c1. The van der Waals surface area contributed by atoms with Crippen LogP contribution < -0.4 is 15.4 Å². The highest BCUT2D eigenvalue weighted by Gasteiger charge is 2.50. The van der Waals surface area contributed by atoms with Gasteiger partial charge in [-0.3, -0.25) is 10.1 Å². The Kier molecular flexibility index (Phi) is 3.14. The maximum Gasteiger partial charge on any atom is 0.322 e. The molecule has 4 N–H and O–H groups in total. The van der Waals surface area contributed by atoms with Gasteiger partial charge < -0.3 is 19.7 Å². The van der Waals surface area contributed by atoms with Gasteiger partial charge in [0.2, 0.25) is 0 Å². The summed E-state index contributed by atoms with van der Waals surface area (Å²) >= 11 is 0. The van der Waals surface area contributed by atoms with Crippen molar-refractivity contribution in [3.63, 3.8) is 0 Å². The topological polar surface area (TPSA) is 134 Å². The molecular formula is C15H14N6O4. The van der Waals surface area contributed by atoms with Gasteiger partial charge in [0.15, 0.2) is 11.4 Å². The Morgan fingerprint density at radius 2 is 2.20 bits per heavy atom. The molecule has 10 nitrogen and oxygen atoms in total. The van der Waals surface area contributed by atoms with Crippen LogP contribution in [0.25, 0.3) is 10.8 Å². The van der Waals surface area contributed by atoms with Crippen molar-refractivity contribution >= 4 is 22.7 Å². The summed E-state index contributed by atoms with van der Waals surface area (Å²) in [5.41, 5.74) is -1.23. The van der Waals surface area contributed by atoms with Crippen molar-refractivity contribution in [2.45, 2.75) is 12.1 Å². The van der Waals surface area contributed by atoms with E-state index in [4.69, 9.17) is 4.74 Å². The molecule has 2 aromatic heterocycles. The molecular weight excluding hydrogens is 328 g/mol. The second-order valence-electron chi connectivity index (χ2n) is 5.70. The standard InChI is InChI=1S/C15H14N6O4/c1-25-9-3-2-8-6-21(12(22)10(8)4-9)7-15(11-5-16-20-19-11)13(23)17-14(24)18-15/h2-6,22H,7H2,1H3,(H,16,19,20)(H2,17,18,23,24)/t15-/m0/s1. The third-order valence-corrected chi connectivity index (χ3v) is 4.27. The first-order valence-electron chi connectivity index (χ1n) is 7.39. The molecule has 3 heterocycles. The van der Waals surface area contributed by atoms with Gasteiger partial charge in [0, 0.05) is 17.0 Å². The number of nitrogens with one attached hydrogen (secondary N) is 3. The van der Waals surface area contributed by atoms with Crippen molar-refractivity contribution < 1.29 is 19.4 Å². The van der Waals surface area contributed by atoms with Gasteiger partial charge in [-0.2, -0.15) is 15.4 Å². The Morgan fingerprint density at radius 1 is 1.36 bits per heavy atom. The van der Waals surface area contributed by atoms with Crippen LogP contribution in [0, 0.1) is 0 Å². The van der Waals surface area contributed by atoms with Crippen LogP contribution in [0.2, 0.25) is 0 Å². The fourth-order valence-electron chi connectivity index (χ4n) is 3.00. The summed E-state index contributed by atoms with van der Waals surface area (Å²) in [5, 5.41) is 26.7. The van der Waals surface area contributed by atoms with E-state index in [9.17, 15) is 14.7 Å². The molecule has 0 bridgehead atoms. The first kappa shape index (κ1) is 15.0. The minimum Gasteiger partial charge on any atom is -0.497 e. The number of aromatic amines is 1. The summed E-state index contributed by atoms with van der Waals surface area (Å²) in [6, 6.07) is 4.62. The van der Waals surface area contributed by atoms with Gasteiger partial charge in [0.1, 0.15) is 11.4 Å². The predicted octanol–water partition coefficient (Wildman–Crippen LogP) is 0.208. The lowest BCUT2D eigenvalue weighted by Crippen LogP contribution is -2.47. The molecule has 128 valence electrons. The third-order valence-electron chi connectivity index (χ3n) is 4.27. The number of fused-ring (bicyclic) bond motifs is 1. The van der Waals surface area contributed by atoms with Crippen LogP contribution in [0.15, 0.2) is 30.6 Å². The number of amides is 3. The summed E-state index contributed by atoms with van der Waals surface area (Å²) in [6.45, 7) is -0.0556. The summed E-state index contributed by atoms with van der Waals surface area (Å²) in [4.78, 5) is 24.2. The van der Waals surface area contributed by atoms with Gasteiger partial charge in [-0.05, 0) is 18.2 Å². The largest absolute Gasteiger partial charge is 0.497 e. The zero-order valence-electron chi connectivity index (χ0n) is 13.1. The lowest BCUT2D eigenvalue weighted by molar-refractivity contribution is -0.125. The van der Waals surface area contributed by atoms with Crippen LogP contribution in [0.1, 0.15) is 5.69 Å². The van der Waals surface area contributed by atoms with Crippen LogP contribution in [0.4, 0.5) is 4.79 Å². The zero-order chi connectivity index (χ0) is 17.6. The Morgan fingerprint density at radius 3 is 2.84 bits per heavy atom. The normalized spacial score (nSPS) is 19.9. The number of carbonyl (C=O) groups excluding carboxylic acids is 2. The van der Waals surface area contributed by atoms with Crippen LogP contribution >= 0.6 is 0 Å². The number of imide groups is 1. The average Bonchev–Trinajstić information content (AvgIpc) is 3.29. The summed E-state index contributed by atoms with van der Waals surface area (Å²) < 4.78 is 6.64. The summed E-state index contributed by atoms with van der Waals surface area (Å²) in [6.07, 6.45) is 3.04. The van der Waals surface area contributed by atoms with Crippen molar-refractivity contribution in [2.24, 2.45) is 0 Å². The maximum absolute atomic E-state index is 12.4. The number of urea groups is 1. The molecule has 4 rings (SSSR count). The molecule has 1 aromatic carbocycles. The average molecular weight is 342 g/mol. The number of hydrogen-bond donors (Lipinski definition) is 4. The first-order valence-corrected chi connectivity index (χ1v) is 7.39. The minimum atomic E-state index is -1.47. The molecule has 1 aliphatic heterocycles. The first-order chi connectivity index (χ1) is 12.0. The molecule has 1 saturated heterocycles. The molecule has 0 spiro atoms. The molecule has 10 heteroatoms. The van der Waals surface area contributed by atoms with Gasteiger partial charge in [0.05, 0.1) is 19.9 Å². The van der Waals surface area contributed by atoms with E-state index in [0.717, 1.165) is 5.39 Å². The fourth-order valence-corrected chi connectivity index (χ4v) is 3.00. The Hall–Kier alpha value is -3.56. The highest BCUT2D eigenvalue weighted by atomic mass is 16.5. The van der Waals surface area contributed by atoms with Crippen molar-refractivity contribution in [1.29, 1.82) is 0 Å². The number of nitrogens with zero attached hydrogens (tertiary/aromatic N) is 3. The van der Waals surface area contributed by atoms with E-state index in [0.29, 0.717) is 11.1 Å². The van der Waals surface area contributed by atoms with Gasteiger partial charge in [0.25, 0.3) is 5.91 Å². The van der Waals surface area contributed by atoms with Crippen LogP contribution in [-0.4, -0.2) is 44.1 Å². The molecule has 3 aromatic rings. The lowest BCUT2D eigenvalue weighted by Gasteiger charge is -2.24. The predicted molar refractivity (Wildman–Crippen MR) is 84.9 cm³/mol. The van der Waals surface area contributed by atoms with Crippen LogP contribution in [-0.2, 0) is 16.9 Å². The van der Waals surface area contributed by atoms with E-state index in [1.165, 1.54) is 17.9 Å². The second-order valence-corrected chi connectivity index (χ2v) is 5.70. The Balaban J connectivity index is 1.82. The van der Waals surface area contributed by atoms with E-state index in [2.05, 4.69) is 26.0 Å². The van der Waals surface area contributed by atoms with E-state index in [-0.39, 0.29) is 18.1 Å². The number of aromatic hydroxyl groups is 1. The third kappa shape index (κ3) is 2.18. The van der Waals surface area contributed by atoms with Gasteiger partial charge in [-0.25, -0.2) is 4.79 Å². The van der Waals surface area contributed by atoms with E-state index < -0.39 is 17.5 Å². The number of carbonyl (C=O) groups is 2. The number of benzene rings is 1. The van der Waals surface area contributed by atoms with Crippen LogP contribution in [0.5, 0.6) is 11.6 Å². The minimum absolute atomic E-state index is 0.0503. The van der Waals surface area contributed by atoms with Gasteiger partial charge >= 0.3 is 6.03 Å². The highest BCUT2D eigenvalue weighted by molar-refractivity contribution is 6.07. The Labute approximate surface area is 140 Å². The van der Waals surface area contributed by atoms with Gasteiger partial charge in [-0.15, -0.1) is 0 Å². The molecule has 25 heavy (non-hydrogen) atoms. The van der Waals surface area contributed by atoms with Gasteiger partial charge in [-0.1, -0.05) is 0 Å². The fraction of sp³-hybridized carbons (Fsp3) is 0.200. The van der Waals surface area contributed by atoms with Crippen molar-refractivity contribution in [1.82, 2.24) is 30.6 Å². The number of hydrogen-bond acceptors (Lipinski definition) is 6. The number of methoxy groups -OCH3 is 1. The Bertz CT molecular complexity index is 979. The van der Waals surface area contributed by atoms with E-state index in [1.807, 2.05) is 0 Å². The van der Waals surface area contributed by atoms with Crippen molar-refractivity contribution in [3.05, 3.63) is 36.3 Å². The lowest BCUT2D eigenvalue weighted by atomic mass is 9.96. The molecule has 3 amide bonds. The quantitative estimate of drug-likeness (QED) is 0.501. The monoisotopic (exact) mass is 342 g/mol. The molecule has 0 saturated carbocycles. The van der Waals surface area contributed by atoms with Crippen molar-refractivity contribution in [3.8, 4) is 11.6 Å². The molecule has 1 atom stereocenters. The molecule has 0 radical (unpaired) electrons. The second kappa shape index (κ2) is 5.23. The molecule has 1 aliphatic rings. The number of ether oxygens (including phenoxy) is 1. The zero-order valence-corrected chi connectivity index (χ0v) is 13.1. The molecule has 0 aliphatic carbocycles. The molecule has 0 unspecified atom stereocenters. The highest BCUT2D eigenvalue weighted by Crippen LogP contribution is 2.34. The number of H-pyrrole nitrogens is 1. The smallest absolute Gasteiger partial charge is 0.322 e. The van der Waals surface area contributed by atoms with E-state index in [1.54, 1.807) is 24.4 Å². The molecule has 1 fully saturated rings. The summed E-state index contributed by atoms with van der Waals surface area (Å²) in [7, 11) is 1.53. The van der Waals surface area contributed by atoms with Crippen LogP contribution in [0.3, 0.4) is 0 Å². The number of rotatable bonds is 4. The summed E-state index contributed by atoms with van der Waals surface area (Å²) in [5.74, 6) is -0.0227. The maximum atomic E-state index is 12.4. The van der Waals surface area contributed by atoms with E-state index >= 15 is 0 Å².